The minimum absolute atomic E-state index is 0.184. The number of carbonyl (C=O) groups is 1. The van der Waals surface area contributed by atoms with Crippen molar-refractivity contribution in [3.8, 4) is 0 Å². The van der Waals surface area contributed by atoms with E-state index in [1.54, 1.807) is 0 Å². The van der Waals surface area contributed by atoms with Crippen LogP contribution in [-0.4, -0.2) is 57.3 Å². The Hall–Kier alpha value is -2.37. The van der Waals surface area contributed by atoms with Crippen LogP contribution in [0.25, 0.3) is 0 Å². The van der Waals surface area contributed by atoms with E-state index in [2.05, 4.69) is 0 Å². The third-order valence-electron chi connectivity index (χ3n) is 3.04. The van der Waals surface area contributed by atoms with Gasteiger partial charge in [0.25, 0.3) is 15.5 Å². The van der Waals surface area contributed by atoms with Crippen molar-refractivity contribution in [2.75, 3.05) is 32.6 Å². The van der Waals surface area contributed by atoms with E-state index in [1.165, 1.54) is 26.0 Å². The summed E-state index contributed by atoms with van der Waals surface area (Å²) in [5.41, 5.74) is -6.61. The molecule has 0 spiro atoms. The zero-order valence-electron chi connectivity index (χ0n) is 12.9. The highest BCUT2D eigenvalue weighted by Gasteiger charge is 2.47. The highest BCUT2D eigenvalue weighted by Crippen LogP contribution is 2.35. The average molecular weight is 369 g/mol. The number of nitro benzene ring substituents is 1. The third-order valence-corrected chi connectivity index (χ3v) is 4.53. The van der Waals surface area contributed by atoms with Gasteiger partial charge in [-0.3, -0.25) is 14.9 Å². The van der Waals surface area contributed by atoms with Crippen molar-refractivity contribution in [2.45, 2.75) is 10.4 Å². The SMILES string of the molecule is CN(C)C(=O)CN(C)c1ccc(S(=O)(=O)C(F)(F)F)cc1[N+](=O)[O-]. The minimum atomic E-state index is -5.71. The Morgan fingerprint density at radius 3 is 2.21 bits per heavy atom. The number of amides is 1. The third kappa shape index (κ3) is 3.93. The zero-order valence-corrected chi connectivity index (χ0v) is 13.7. The molecule has 0 aromatic heterocycles. The van der Waals surface area contributed by atoms with E-state index in [1.807, 2.05) is 0 Å². The Labute approximate surface area is 135 Å². The monoisotopic (exact) mass is 369 g/mol. The van der Waals surface area contributed by atoms with Gasteiger partial charge in [0.15, 0.2) is 0 Å². The molecular formula is C12H14F3N3O5S. The van der Waals surface area contributed by atoms with Gasteiger partial charge in [-0.15, -0.1) is 0 Å². The molecule has 0 saturated carbocycles. The molecule has 0 fully saturated rings. The second-order valence-electron chi connectivity index (χ2n) is 5.00. The molecule has 0 aliphatic heterocycles. The van der Waals surface area contributed by atoms with Crippen molar-refractivity contribution in [3.63, 3.8) is 0 Å². The fraction of sp³-hybridized carbons (Fsp3) is 0.417. The van der Waals surface area contributed by atoms with Gasteiger partial charge >= 0.3 is 5.51 Å². The second-order valence-corrected chi connectivity index (χ2v) is 6.94. The lowest BCUT2D eigenvalue weighted by Crippen LogP contribution is -2.34. The van der Waals surface area contributed by atoms with Crippen LogP contribution >= 0.6 is 0 Å². The molecule has 24 heavy (non-hydrogen) atoms. The molecular weight excluding hydrogens is 355 g/mol. The van der Waals surface area contributed by atoms with E-state index in [4.69, 9.17) is 0 Å². The van der Waals surface area contributed by atoms with E-state index in [-0.39, 0.29) is 12.2 Å². The summed E-state index contributed by atoms with van der Waals surface area (Å²) in [4.78, 5) is 22.8. The van der Waals surface area contributed by atoms with Crippen LogP contribution < -0.4 is 4.90 Å². The van der Waals surface area contributed by atoms with Crippen LogP contribution in [0.5, 0.6) is 0 Å². The molecule has 0 saturated heterocycles. The number of hydrogen-bond donors (Lipinski definition) is 0. The van der Waals surface area contributed by atoms with Crippen LogP contribution in [0.4, 0.5) is 24.5 Å². The number of nitrogens with zero attached hydrogens (tertiary/aromatic N) is 3. The summed E-state index contributed by atoms with van der Waals surface area (Å²) in [6, 6.07) is 1.80. The standard InChI is InChI=1S/C12H14F3N3O5S/c1-16(2)11(19)7-17(3)9-5-4-8(6-10(9)18(20)21)24(22,23)12(13,14)15/h4-6H,7H2,1-3H3. The normalized spacial score (nSPS) is 11.9. The lowest BCUT2D eigenvalue weighted by molar-refractivity contribution is -0.384. The highest BCUT2D eigenvalue weighted by atomic mass is 32.2. The predicted molar refractivity (Wildman–Crippen MR) is 78.3 cm³/mol. The molecule has 0 unspecified atom stereocenters. The van der Waals surface area contributed by atoms with Gasteiger partial charge in [0, 0.05) is 27.2 Å². The molecule has 12 heteroatoms. The minimum Gasteiger partial charge on any atom is -0.360 e. The van der Waals surface area contributed by atoms with Gasteiger partial charge < -0.3 is 9.80 Å². The van der Waals surface area contributed by atoms with Crippen molar-refractivity contribution < 1.29 is 31.3 Å². The number of carbonyl (C=O) groups excluding carboxylic acids is 1. The van der Waals surface area contributed by atoms with E-state index >= 15 is 0 Å². The number of hydrogen-bond acceptors (Lipinski definition) is 6. The molecule has 1 amide bonds. The first-order chi connectivity index (χ1) is 10.8. The Morgan fingerprint density at radius 2 is 1.79 bits per heavy atom. The number of halogens is 3. The number of nitro groups is 1. The first-order valence-corrected chi connectivity index (χ1v) is 7.78. The maximum atomic E-state index is 12.6. The van der Waals surface area contributed by atoms with Gasteiger partial charge in [0.05, 0.1) is 16.4 Å². The fourth-order valence-electron chi connectivity index (χ4n) is 1.70. The maximum Gasteiger partial charge on any atom is 0.501 e. The molecule has 0 N–H and O–H groups in total. The van der Waals surface area contributed by atoms with Gasteiger partial charge in [-0.05, 0) is 12.1 Å². The Morgan fingerprint density at radius 1 is 1.25 bits per heavy atom. The average Bonchev–Trinajstić information content (AvgIpc) is 2.44. The summed E-state index contributed by atoms with van der Waals surface area (Å²) in [7, 11) is -1.46. The van der Waals surface area contributed by atoms with Crippen LogP contribution in [0.15, 0.2) is 23.1 Å². The molecule has 134 valence electrons. The predicted octanol–water partition coefficient (Wildman–Crippen LogP) is 1.41. The zero-order chi connectivity index (χ0) is 18.9. The summed E-state index contributed by atoms with van der Waals surface area (Å²) >= 11 is 0. The first-order valence-electron chi connectivity index (χ1n) is 6.30. The molecule has 1 aromatic carbocycles. The molecule has 0 radical (unpaired) electrons. The topological polar surface area (TPSA) is 101 Å². The van der Waals surface area contributed by atoms with Crippen molar-refractivity contribution in [3.05, 3.63) is 28.3 Å². The Kier molecular flexibility index (Phi) is 5.43. The Balaban J connectivity index is 3.37. The molecule has 0 heterocycles. The quantitative estimate of drug-likeness (QED) is 0.575. The summed E-state index contributed by atoms with van der Waals surface area (Å²) in [6.45, 7) is -0.279. The van der Waals surface area contributed by atoms with Crippen molar-refractivity contribution in [1.29, 1.82) is 0 Å². The first kappa shape index (κ1) is 19.7. The van der Waals surface area contributed by atoms with Gasteiger partial charge in [-0.2, -0.15) is 13.2 Å². The van der Waals surface area contributed by atoms with E-state index in [9.17, 15) is 36.5 Å². The van der Waals surface area contributed by atoms with Crippen molar-refractivity contribution in [2.24, 2.45) is 0 Å². The van der Waals surface area contributed by atoms with Crippen LogP contribution in [0, 0.1) is 10.1 Å². The number of anilines is 1. The molecule has 0 aliphatic carbocycles. The molecule has 0 bridgehead atoms. The molecule has 1 aromatic rings. The number of benzene rings is 1. The van der Waals surface area contributed by atoms with Crippen LogP contribution in [0.1, 0.15) is 0 Å². The summed E-state index contributed by atoms with van der Waals surface area (Å²) < 4.78 is 60.4. The fourth-order valence-corrected chi connectivity index (χ4v) is 2.48. The van der Waals surface area contributed by atoms with Crippen molar-refractivity contribution >= 4 is 27.1 Å². The van der Waals surface area contributed by atoms with Crippen LogP contribution in [-0.2, 0) is 14.6 Å². The molecule has 8 nitrogen and oxygen atoms in total. The molecule has 0 aliphatic rings. The van der Waals surface area contributed by atoms with Crippen LogP contribution in [0.2, 0.25) is 0 Å². The maximum absolute atomic E-state index is 12.6. The molecule has 0 atom stereocenters. The number of alkyl halides is 3. The largest absolute Gasteiger partial charge is 0.501 e. The van der Waals surface area contributed by atoms with Gasteiger partial charge in [-0.25, -0.2) is 8.42 Å². The highest BCUT2D eigenvalue weighted by molar-refractivity contribution is 7.92. The Bertz CT molecular complexity index is 762. The van der Waals surface area contributed by atoms with E-state index < -0.39 is 36.8 Å². The lowest BCUT2D eigenvalue weighted by Gasteiger charge is -2.21. The van der Waals surface area contributed by atoms with Crippen LogP contribution in [0.3, 0.4) is 0 Å². The van der Waals surface area contributed by atoms with Gasteiger partial charge in [-0.1, -0.05) is 0 Å². The van der Waals surface area contributed by atoms with E-state index in [0.717, 1.165) is 11.0 Å². The second kappa shape index (κ2) is 6.63. The molecule has 1 rings (SSSR count). The number of likely N-dealkylation sites (N-methyl/N-ethyl adjacent to an activating group) is 2. The van der Waals surface area contributed by atoms with Crippen molar-refractivity contribution in [1.82, 2.24) is 4.90 Å². The summed E-state index contributed by atoms with van der Waals surface area (Å²) in [5, 5.41) is 11.1. The summed E-state index contributed by atoms with van der Waals surface area (Å²) in [6.07, 6.45) is 0. The number of rotatable bonds is 5. The van der Waals surface area contributed by atoms with Gasteiger partial charge in [0.2, 0.25) is 5.91 Å². The lowest BCUT2D eigenvalue weighted by atomic mass is 10.2. The number of sulfone groups is 1. The van der Waals surface area contributed by atoms with E-state index in [0.29, 0.717) is 12.1 Å². The summed E-state index contributed by atoms with van der Waals surface area (Å²) in [5.74, 6) is -0.404. The smallest absolute Gasteiger partial charge is 0.360 e. The van der Waals surface area contributed by atoms with Gasteiger partial charge in [0.1, 0.15) is 5.69 Å².